The number of aromatic nitrogens is 2. The maximum absolute atomic E-state index is 12.2. The molecule has 122 valence electrons. The predicted molar refractivity (Wildman–Crippen MR) is 81.9 cm³/mol. The summed E-state index contributed by atoms with van der Waals surface area (Å²) in [6, 6.07) is 0. The zero-order valence-electron chi connectivity index (χ0n) is 12.6. The van der Waals surface area contributed by atoms with Gasteiger partial charge in [-0.05, 0) is 19.1 Å². The molecule has 0 spiro atoms. The van der Waals surface area contributed by atoms with Crippen LogP contribution in [0.1, 0.15) is 34.8 Å². The molecule has 1 aromatic heterocycles. The van der Waals surface area contributed by atoms with Gasteiger partial charge in [-0.2, -0.15) is 0 Å². The number of ketones is 1. The average molecular weight is 337 g/mol. The summed E-state index contributed by atoms with van der Waals surface area (Å²) in [4.78, 5) is 36.0. The van der Waals surface area contributed by atoms with Crippen LogP contribution < -0.4 is 4.91 Å². The molecule has 1 fully saturated rings. The second-order valence-corrected chi connectivity index (χ2v) is 5.80. The summed E-state index contributed by atoms with van der Waals surface area (Å²) in [6.07, 6.45) is 3.62. The number of likely N-dealkylation sites (tertiary alicyclic amines) is 1. The second kappa shape index (κ2) is 7.80. The van der Waals surface area contributed by atoms with Gasteiger partial charge in [0.1, 0.15) is 10.6 Å². The van der Waals surface area contributed by atoms with Gasteiger partial charge in [0.25, 0.3) is 0 Å². The second-order valence-electron chi connectivity index (χ2n) is 5.02. The monoisotopic (exact) mass is 337 g/mol. The number of Topliss-reactive ketones (excluding diaryl/α,β-unsaturated/α-hetero) is 1. The number of nitrogens with one attached hydrogen (secondary N) is 1. The van der Waals surface area contributed by atoms with Crippen molar-refractivity contribution in [3.05, 3.63) is 17.5 Å². The molecule has 2 heterocycles. The van der Waals surface area contributed by atoms with Crippen molar-refractivity contribution in [1.82, 2.24) is 19.8 Å². The van der Waals surface area contributed by atoms with Crippen LogP contribution in [0.2, 0.25) is 0 Å². The highest BCUT2D eigenvalue weighted by atomic mass is 32.2. The zero-order chi connectivity index (χ0) is 16.8. The summed E-state index contributed by atoms with van der Waals surface area (Å²) in [5, 5.41) is 13.0. The van der Waals surface area contributed by atoms with Gasteiger partial charge in [-0.3, -0.25) is 4.79 Å². The number of thioether (sulfide) groups is 1. The van der Waals surface area contributed by atoms with E-state index in [9.17, 15) is 9.59 Å². The third-order valence-electron chi connectivity index (χ3n) is 3.72. The molecule has 2 N–H and O–H groups in total. The topological polar surface area (TPSA) is 134 Å². The Balaban J connectivity index is 2.26. The summed E-state index contributed by atoms with van der Waals surface area (Å²) in [5.41, 5.74) is 7.66. The summed E-state index contributed by atoms with van der Waals surface area (Å²) in [6.45, 7) is 0.615. The maximum atomic E-state index is 12.2. The lowest BCUT2D eigenvalue weighted by molar-refractivity contribution is 0.0994. The minimum Gasteiger partial charge on any atom is -0.465 e. The number of carboxylic acid groups (broad SMARTS) is 1. The van der Waals surface area contributed by atoms with E-state index in [0.717, 1.165) is 0 Å². The molecular weight excluding hydrogens is 320 g/mol. The highest BCUT2D eigenvalue weighted by molar-refractivity contribution is 7.98. The number of nitrogens with zero attached hydrogens (tertiary/aromatic N) is 5. The lowest BCUT2D eigenvalue weighted by Gasteiger charge is -2.30. The van der Waals surface area contributed by atoms with Gasteiger partial charge in [-0.25, -0.2) is 14.8 Å². The van der Waals surface area contributed by atoms with E-state index in [1.807, 2.05) is 6.26 Å². The number of piperidine rings is 1. The van der Waals surface area contributed by atoms with Gasteiger partial charge < -0.3 is 10.0 Å². The molecule has 0 atom stereocenters. The van der Waals surface area contributed by atoms with Gasteiger partial charge in [-0.1, -0.05) is 11.8 Å². The lowest BCUT2D eigenvalue weighted by atomic mass is 9.90. The first kappa shape index (κ1) is 17.0. The van der Waals surface area contributed by atoms with Gasteiger partial charge >= 0.3 is 6.09 Å². The van der Waals surface area contributed by atoms with Crippen molar-refractivity contribution in [3.8, 4) is 0 Å². The van der Waals surface area contributed by atoms with Crippen molar-refractivity contribution in [1.29, 1.82) is 5.53 Å². The molecule has 1 aliphatic heterocycles. The fourth-order valence-electron chi connectivity index (χ4n) is 2.53. The Hall–Kier alpha value is -2.32. The molecular formula is C13H17N6O3S+. The zero-order valence-corrected chi connectivity index (χ0v) is 13.4. The van der Waals surface area contributed by atoms with Gasteiger partial charge in [0.05, 0.1) is 11.3 Å². The molecule has 0 aromatic carbocycles. The normalized spacial score (nSPS) is 15.1. The Bertz CT molecular complexity index is 653. The first-order valence-electron chi connectivity index (χ1n) is 7.02. The number of hydrogen-bond donors (Lipinski definition) is 2. The molecule has 23 heavy (non-hydrogen) atoms. The molecule has 1 amide bonds. The molecule has 0 radical (unpaired) electrons. The van der Waals surface area contributed by atoms with Crippen LogP contribution in [0, 0.1) is 5.53 Å². The quantitative estimate of drug-likeness (QED) is 0.276. The Labute approximate surface area is 136 Å². The van der Waals surface area contributed by atoms with Gasteiger partial charge in [0, 0.05) is 25.2 Å². The van der Waals surface area contributed by atoms with Crippen molar-refractivity contribution in [2.45, 2.75) is 23.9 Å². The molecule has 0 unspecified atom stereocenters. The molecule has 0 aliphatic carbocycles. The molecule has 1 aliphatic rings. The highest BCUT2D eigenvalue weighted by Gasteiger charge is 2.28. The number of carbonyl (C=O) groups is 2. The molecule has 10 heteroatoms. The SMILES string of the molecule is CSc1ncc(C(=O)CN=[N+]=N)c(C2CCN(C(=O)O)CC2)n1. The van der Waals surface area contributed by atoms with E-state index < -0.39 is 6.09 Å². The predicted octanol–water partition coefficient (Wildman–Crippen LogP) is 1.79. The van der Waals surface area contributed by atoms with E-state index in [4.69, 9.17) is 10.6 Å². The van der Waals surface area contributed by atoms with Crippen LogP contribution >= 0.6 is 11.8 Å². The van der Waals surface area contributed by atoms with Crippen LogP contribution in [0.5, 0.6) is 0 Å². The minimum absolute atomic E-state index is 0.00592. The van der Waals surface area contributed by atoms with E-state index in [1.54, 1.807) is 0 Å². The van der Waals surface area contributed by atoms with E-state index >= 15 is 0 Å². The van der Waals surface area contributed by atoms with Crippen LogP contribution in [0.25, 0.3) is 0 Å². The number of hydrogen-bond acceptors (Lipinski definition) is 7. The third kappa shape index (κ3) is 4.11. The molecule has 0 bridgehead atoms. The van der Waals surface area contributed by atoms with E-state index in [1.165, 1.54) is 22.9 Å². The third-order valence-corrected chi connectivity index (χ3v) is 4.28. The summed E-state index contributed by atoms with van der Waals surface area (Å²) in [5.74, 6) is -0.282. The number of rotatable bonds is 5. The lowest BCUT2D eigenvalue weighted by Crippen LogP contribution is -2.37. The standard InChI is InChI=1S/C13H16N6O3S/c1-23-12-15-6-9(10(20)7-16-18-14)11(17-12)8-2-4-19(5-3-8)13(21)22/h6,8,14H,2-5,7H2,1H3/p+1. The molecule has 9 nitrogen and oxygen atoms in total. The van der Waals surface area contributed by atoms with E-state index in [0.29, 0.717) is 42.3 Å². The van der Waals surface area contributed by atoms with Gasteiger partial charge in [0.2, 0.25) is 4.91 Å². The van der Waals surface area contributed by atoms with Crippen molar-refractivity contribution in [3.63, 3.8) is 0 Å². The van der Waals surface area contributed by atoms with Crippen LogP contribution in [0.4, 0.5) is 4.79 Å². The van der Waals surface area contributed by atoms with Crippen molar-refractivity contribution < 1.29 is 14.7 Å². The summed E-state index contributed by atoms with van der Waals surface area (Å²) >= 11 is 1.38. The molecule has 2 rings (SSSR count). The largest absolute Gasteiger partial charge is 0.465 e. The van der Waals surface area contributed by atoms with E-state index in [-0.39, 0.29) is 18.2 Å². The Morgan fingerprint density at radius 1 is 1.52 bits per heavy atom. The maximum Gasteiger partial charge on any atom is 0.407 e. The summed E-state index contributed by atoms with van der Waals surface area (Å²) in [7, 11) is 0. The van der Waals surface area contributed by atoms with Crippen LogP contribution in [0.15, 0.2) is 16.5 Å². The fraction of sp³-hybridized carbons (Fsp3) is 0.538. The number of carbonyl (C=O) groups excluding carboxylic acids is 1. The van der Waals surface area contributed by atoms with Crippen molar-refractivity contribution in [2.75, 3.05) is 25.9 Å². The number of amides is 1. The first-order chi connectivity index (χ1) is 11.1. The highest BCUT2D eigenvalue weighted by Crippen LogP contribution is 2.30. The van der Waals surface area contributed by atoms with Gasteiger partial charge in [-0.15, -0.1) is 0 Å². The molecule has 1 aromatic rings. The minimum atomic E-state index is -0.928. The Morgan fingerprint density at radius 3 is 2.78 bits per heavy atom. The van der Waals surface area contributed by atoms with Crippen LogP contribution in [-0.2, 0) is 0 Å². The fourth-order valence-corrected chi connectivity index (χ4v) is 2.88. The molecule has 0 saturated carbocycles. The Kier molecular flexibility index (Phi) is 5.78. The molecule has 1 saturated heterocycles. The summed E-state index contributed by atoms with van der Waals surface area (Å²) < 4.78 is 0. The van der Waals surface area contributed by atoms with Crippen LogP contribution in [-0.4, -0.2) is 57.7 Å². The smallest absolute Gasteiger partial charge is 0.407 e. The van der Waals surface area contributed by atoms with Crippen molar-refractivity contribution in [2.24, 2.45) is 5.11 Å². The van der Waals surface area contributed by atoms with Gasteiger partial charge in [0.15, 0.2) is 17.5 Å². The van der Waals surface area contributed by atoms with E-state index in [2.05, 4.69) is 20.0 Å². The average Bonchev–Trinajstić information content (AvgIpc) is 2.59. The Morgan fingerprint density at radius 2 is 2.22 bits per heavy atom. The first-order valence-corrected chi connectivity index (χ1v) is 8.24. The van der Waals surface area contributed by atoms with Crippen LogP contribution in [0.3, 0.4) is 0 Å². The van der Waals surface area contributed by atoms with Crippen molar-refractivity contribution >= 4 is 23.6 Å².